The topological polar surface area (TPSA) is 124 Å². The molecular weight excluding hydrogens is 576 g/mol. The van der Waals surface area contributed by atoms with E-state index in [0.717, 1.165) is 31.2 Å². The lowest BCUT2D eigenvalue weighted by molar-refractivity contribution is -0.161. The molecule has 4 aliphatic rings. The quantitative estimate of drug-likeness (QED) is 0.266. The number of nitrogens with zero attached hydrogens (tertiary/aromatic N) is 1. The Bertz CT molecular complexity index is 1320. The summed E-state index contributed by atoms with van der Waals surface area (Å²) in [5.74, 6) is 0.794. The van der Waals surface area contributed by atoms with Crippen LogP contribution in [0.25, 0.3) is 0 Å². The molecular formula is C35H44N2O8. The molecule has 0 bridgehead atoms. The van der Waals surface area contributed by atoms with Crippen LogP contribution in [0, 0.1) is 5.92 Å². The average molecular weight is 621 g/mol. The second-order valence-corrected chi connectivity index (χ2v) is 12.9. The zero-order valence-corrected chi connectivity index (χ0v) is 25.9. The van der Waals surface area contributed by atoms with Gasteiger partial charge in [-0.3, -0.25) is 14.4 Å². The number of piperidine rings is 1. The molecule has 0 aromatic heterocycles. The Morgan fingerprint density at radius 3 is 2.44 bits per heavy atom. The summed E-state index contributed by atoms with van der Waals surface area (Å²) in [4.78, 5) is 38.8. The van der Waals surface area contributed by atoms with Crippen molar-refractivity contribution in [1.29, 1.82) is 0 Å². The molecule has 4 fully saturated rings. The molecule has 2 unspecified atom stereocenters. The standard InChI is InChI=1S/C35H44N2O8/c1-22(36-34(40)30-5-3-17-42-30)33(26-10-8-25(9-11-26)24-6-7-24)44-28-14-12-27(13-15-28)35(41)45-29-4-2-16-37(20-29)31(38)18-23-19-32(39)43-21-23/h8-15,22-24,29-30,33,35,41H,2-7,16-21H2,1H3,(H,36,40)/t22-,23?,29-,30+,33-,35?/m0/s1. The minimum Gasteiger partial charge on any atom is -0.484 e. The van der Waals surface area contributed by atoms with Crippen LogP contribution >= 0.6 is 0 Å². The van der Waals surface area contributed by atoms with E-state index in [2.05, 4.69) is 29.6 Å². The van der Waals surface area contributed by atoms with Crippen LogP contribution in [-0.2, 0) is 28.6 Å². The van der Waals surface area contributed by atoms with E-state index in [0.29, 0.717) is 43.5 Å². The van der Waals surface area contributed by atoms with Gasteiger partial charge >= 0.3 is 5.97 Å². The summed E-state index contributed by atoms with van der Waals surface area (Å²) < 4.78 is 23.0. The highest BCUT2D eigenvalue weighted by atomic mass is 16.6. The van der Waals surface area contributed by atoms with E-state index in [1.165, 1.54) is 18.4 Å². The van der Waals surface area contributed by atoms with Gasteiger partial charge in [-0.25, -0.2) is 0 Å². The molecule has 6 atom stereocenters. The van der Waals surface area contributed by atoms with E-state index >= 15 is 0 Å². The van der Waals surface area contributed by atoms with E-state index in [1.54, 1.807) is 29.2 Å². The number of esters is 1. The number of aliphatic hydroxyl groups excluding tert-OH is 1. The highest BCUT2D eigenvalue weighted by Gasteiger charge is 2.32. The van der Waals surface area contributed by atoms with Crippen molar-refractivity contribution >= 4 is 17.8 Å². The van der Waals surface area contributed by atoms with E-state index in [-0.39, 0.29) is 48.7 Å². The van der Waals surface area contributed by atoms with Crippen molar-refractivity contribution < 1.29 is 38.4 Å². The summed E-state index contributed by atoms with van der Waals surface area (Å²) in [6.45, 7) is 3.88. The van der Waals surface area contributed by atoms with Gasteiger partial charge in [-0.2, -0.15) is 0 Å². The fourth-order valence-electron chi connectivity index (χ4n) is 6.48. The molecule has 1 aliphatic carbocycles. The molecule has 0 radical (unpaired) electrons. The molecule has 3 saturated heterocycles. The monoisotopic (exact) mass is 620 g/mol. The summed E-state index contributed by atoms with van der Waals surface area (Å²) in [6, 6.07) is 15.3. The van der Waals surface area contributed by atoms with Gasteiger partial charge in [0.25, 0.3) is 0 Å². The number of benzene rings is 2. The zero-order valence-electron chi connectivity index (χ0n) is 25.9. The Kier molecular flexibility index (Phi) is 10.0. The molecule has 0 spiro atoms. The summed E-state index contributed by atoms with van der Waals surface area (Å²) in [5.41, 5.74) is 2.88. The lowest BCUT2D eigenvalue weighted by Gasteiger charge is -2.34. The van der Waals surface area contributed by atoms with Crippen molar-refractivity contribution in [3.8, 4) is 5.75 Å². The third kappa shape index (κ3) is 8.23. The first-order chi connectivity index (χ1) is 21.8. The van der Waals surface area contributed by atoms with Gasteiger partial charge in [-0.05, 0) is 74.6 Å². The minimum absolute atomic E-state index is 0.0134. The molecule has 2 amide bonds. The van der Waals surface area contributed by atoms with Gasteiger partial charge in [0.2, 0.25) is 11.8 Å². The molecule has 3 aliphatic heterocycles. The fraction of sp³-hybridized carbons (Fsp3) is 0.571. The summed E-state index contributed by atoms with van der Waals surface area (Å²) >= 11 is 0. The van der Waals surface area contributed by atoms with E-state index in [9.17, 15) is 19.5 Å². The predicted octanol–water partition coefficient (Wildman–Crippen LogP) is 4.32. The highest BCUT2D eigenvalue weighted by Crippen LogP contribution is 2.40. The van der Waals surface area contributed by atoms with Gasteiger partial charge in [0, 0.05) is 37.6 Å². The normalized spacial score (nSPS) is 25.3. The third-order valence-corrected chi connectivity index (χ3v) is 9.24. The van der Waals surface area contributed by atoms with Crippen molar-refractivity contribution in [2.24, 2.45) is 5.92 Å². The van der Waals surface area contributed by atoms with Crippen LogP contribution in [0.15, 0.2) is 48.5 Å². The molecule has 6 rings (SSSR count). The summed E-state index contributed by atoms with van der Waals surface area (Å²) in [5, 5.41) is 14.0. The van der Waals surface area contributed by atoms with Crippen LogP contribution < -0.4 is 10.1 Å². The van der Waals surface area contributed by atoms with Gasteiger partial charge in [-0.1, -0.05) is 36.4 Å². The number of hydrogen-bond donors (Lipinski definition) is 2. The average Bonchev–Trinajstić information content (AvgIpc) is 3.58. The number of hydrogen-bond acceptors (Lipinski definition) is 8. The molecule has 242 valence electrons. The van der Waals surface area contributed by atoms with E-state index in [1.807, 2.05) is 6.92 Å². The molecule has 10 heteroatoms. The van der Waals surface area contributed by atoms with Crippen LogP contribution in [0.3, 0.4) is 0 Å². The zero-order chi connectivity index (χ0) is 31.3. The molecule has 2 aromatic carbocycles. The Balaban J connectivity index is 1.06. The maximum absolute atomic E-state index is 12.9. The first-order valence-corrected chi connectivity index (χ1v) is 16.4. The van der Waals surface area contributed by atoms with Crippen molar-refractivity contribution in [1.82, 2.24) is 10.2 Å². The third-order valence-electron chi connectivity index (χ3n) is 9.24. The van der Waals surface area contributed by atoms with Gasteiger partial charge in [0.05, 0.1) is 25.2 Å². The number of amides is 2. The van der Waals surface area contributed by atoms with Gasteiger partial charge < -0.3 is 34.3 Å². The predicted molar refractivity (Wildman–Crippen MR) is 164 cm³/mol. The molecule has 2 aromatic rings. The number of ether oxygens (including phenoxy) is 4. The fourth-order valence-corrected chi connectivity index (χ4v) is 6.48. The Morgan fingerprint density at radius 2 is 1.78 bits per heavy atom. The Hall–Kier alpha value is -3.47. The molecule has 1 saturated carbocycles. The Labute approximate surface area is 264 Å². The summed E-state index contributed by atoms with van der Waals surface area (Å²) in [7, 11) is 0. The van der Waals surface area contributed by atoms with Crippen LogP contribution in [-0.4, -0.2) is 72.3 Å². The van der Waals surface area contributed by atoms with Gasteiger partial charge in [0.15, 0.2) is 6.29 Å². The van der Waals surface area contributed by atoms with Crippen molar-refractivity contribution in [2.45, 2.75) is 94.9 Å². The smallest absolute Gasteiger partial charge is 0.306 e. The SMILES string of the molecule is C[C@H](NC(=O)[C@H]1CCCO1)[C@H](Oc1ccc(C(O)O[C@H]2CCCN(C(=O)CC3COC(=O)C3)C2)cc1)c1ccc(C2CC2)cc1. The largest absolute Gasteiger partial charge is 0.484 e. The second kappa shape index (κ2) is 14.3. The maximum atomic E-state index is 12.9. The molecule has 45 heavy (non-hydrogen) atoms. The van der Waals surface area contributed by atoms with Crippen molar-refractivity contribution in [2.75, 3.05) is 26.3 Å². The van der Waals surface area contributed by atoms with E-state index in [4.69, 9.17) is 18.9 Å². The number of carbonyl (C=O) groups excluding carboxylic acids is 3. The first kappa shape index (κ1) is 31.5. The lowest BCUT2D eigenvalue weighted by Crippen LogP contribution is -2.44. The van der Waals surface area contributed by atoms with Crippen LogP contribution in [0.1, 0.15) is 93.3 Å². The molecule has 3 heterocycles. The second-order valence-electron chi connectivity index (χ2n) is 12.9. The number of rotatable bonds is 12. The van der Waals surface area contributed by atoms with Crippen LogP contribution in [0.2, 0.25) is 0 Å². The van der Waals surface area contributed by atoms with Crippen molar-refractivity contribution in [3.05, 3.63) is 65.2 Å². The number of nitrogens with one attached hydrogen (secondary N) is 1. The van der Waals surface area contributed by atoms with E-state index < -0.39 is 18.5 Å². The number of carbonyl (C=O) groups is 3. The van der Waals surface area contributed by atoms with Gasteiger partial charge in [0.1, 0.15) is 18.0 Å². The molecule has 10 nitrogen and oxygen atoms in total. The minimum atomic E-state index is -1.16. The van der Waals surface area contributed by atoms with Crippen molar-refractivity contribution in [3.63, 3.8) is 0 Å². The van der Waals surface area contributed by atoms with Crippen LogP contribution in [0.4, 0.5) is 0 Å². The van der Waals surface area contributed by atoms with Gasteiger partial charge in [-0.15, -0.1) is 0 Å². The number of likely N-dealkylation sites (tertiary alicyclic amines) is 1. The summed E-state index contributed by atoms with van der Waals surface area (Å²) in [6.07, 6.45) is 3.83. The number of aliphatic hydroxyl groups is 1. The first-order valence-electron chi connectivity index (χ1n) is 16.4. The molecule has 2 N–H and O–H groups in total. The maximum Gasteiger partial charge on any atom is 0.306 e. The highest BCUT2D eigenvalue weighted by molar-refractivity contribution is 5.81. The van der Waals surface area contributed by atoms with Crippen LogP contribution in [0.5, 0.6) is 5.75 Å². The number of cyclic esters (lactones) is 1. The Morgan fingerprint density at radius 1 is 1.02 bits per heavy atom. The lowest BCUT2D eigenvalue weighted by atomic mass is 10.00.